The Labute approximate surface area is 132 Å². The molecule has 0 aromatic heterocycles. The summed E-state index contributed by atoms with van der Waals surface area (Å²) in [6, 6.07) is 5.31. The van der Waals surface area contributed by atoms with Crippen molar-refractivity contribution in [1.29, 1.82) is 0 Å². The van der Waals surface area contributed by atoms with E-state index in [9.17, 15) is 8.42 Å². The third-order valence-electron chi connectivity index (χ3n) is 3.90. The Balaban J connectivity index is 1.94. The first kappa shape index (κ1) is 16.4. The molecule has 2 atom stereocenters. The van der Waals surface area contributed by atoms with E-state index in [-0.39, 0.29) is 0 Å². The maximum absolute atomic E-state index is 11.2. The number of hydrogen-bond donors (Lipinski definition) is 2. The highest BCUT2D eigenvalue weighted by atomic mass is 35.5. The smallest absolute Gasteiger partial charge is 0.229 e. The Bertz CT molecular complexity index is 589. The highest BCUT2D eigenvalue weighted by molar-refractivity contribution is 7.92. The van der Waals surface area contributed by atoms with Crippen molar-refractivity contribution >= 4 is 33.0 Å². The summed E-state index contributed by atoms with van der Waals surface area (Å²) >= 11 is 6.11. The SMILES string of the molecule is CC1CCCC(CNc2ccc(NS(C)(=O)=O)c(Cl)c2)C1. The van der Waals surface area contributed by atoms with Crippen molar-refractivity contribution in [2.24, 2.45) is 11.8 Å². The number of benzene rings is 1. The molecule has 1 fully saturated rings. The number of sulfonamides is 1. The lowest BCUT2D eigenvalue weighted by atomic mass is 9.82. The van der Waals surface area contributed by atoms with E-state index in [1.807, 2.05) is 6.07 Å². The van der Waals surface area contributed by atoms with Gasteiger partial charge in [-0.1, -0.05) is 31.4 Å². The van der Waals surface area contributed by atoms with Gasteiger partial charge in [0.05, 0.1) is 17.0 Å². The molecule has 1 aromatic carbocycles. The third-order valence-corrected chi connectivity index (χ3v) is 4.81. The predicted molar refractivity (Wildman–Crippen MR) is 89.5 cm³/mol. The molecule has 1 aliphatic rings. The van der Waals surface area contributed by atoms with Crippen LogP contribution < -0.4 is 10.0 Å². The van der Waals surface area contributed by atoms with Crippen molar-refractivity contribution in [2.45, 2.75) is 32.6 Å². The molecule has 1 aromatic rings. The Kier molecular flexibility index (Phi) is 5.38. The molecule has 2 rings (SSSR count). The van der Waals surface area contributed by atoms with E-state index >= 15 is 0 Å². The molecule has 6 heteroatoms. The van der Waals surface area contributed by atoms with E-state index in [2.05, 4.69) is 17.0 Å². The summed E-state index contributed by atoms with van der Waals surface area (Å²) in [5, 5.41) is 3.81. The monoisotopic (exact) mass is 330 g/mol. The van der Waals surface area contributed by atoms with Gasteiger partial charge < -0.3 is 5.32 Å². The molecule has 0 bridgehead atoms. The Morgan fingerprint density at radius 3 is 2.71 bits per heavy atom. The van der Waals surface area contributed by atoms with Gasteiger partial charge >= 0.3 is 0 Å². The fraction of sp³-hybridized carbons (Fsp3) is 0.600. The van der Waals surface area contributed by atoms with E-state index in [4.69, 9.17) is 11.6 Å². The quantitative estimate of drug-likeness (QED) is 0.859. The predicted octanol–water partition coefficient (Wildman–Crippen LogP) is 3.95. The maximum atomic E-state index is 11.2. The van der Waals surface area contributed by atoms with Crippen LogP contribution >= 0.6 is 11.6 Å². The number of rotatable bonds is 5. The molecule has 0 heterocycles. The summed E-state index contributed by atoms with van der Waals surface area (Å²) in [4.78, 5) is 0. The lowest BCUT2D eigenvalue weighted by molar-refractivity contribution is 0.293. The number of hydrogen-bond acceptors (Lipinski definition) is 3. The molecule has 2 unspecified atom stereocenters. The van der Waals surface area contributed by atoms with Crippen LogP contribution in [0, 0.1) is 11.8 Å². The summed E-state index contributed by atoms with van der Waals surface area (Å²) in [5.74, 6) is 1.52. The first-order valence-corrected chi connectivity index (χ1v) is 9.61. The summed E-state index contributed by atoms with van der Waals surface area (Å²) in [5.41, 5.74) is 1.34. The second kappa shape index (κ2) is 6.88. The van der Waals surface area contributed by atoms with Crippen LogP contribution in [0.2, 0.25) is 5.02 Å². The molecule has 21 heavy (non-hydrogen) atoms. The van der Waals surface area contributed by atoms with E-state index in [1.54, 1.807) is 12.1 Å². The van der Waals surface area contributed by atoms with Gasteiger partial charge in [-0.15, -0.1) is 0 Å². The van der Waals surface area contributed by atoms with Crippen LogP contribution in [0.25, 0.3) is 0 Å². The van der Waals surface area contributed by atoms with E-state index in [0.717, 1.165) is 24.4 Å². The fourth-order valence-corrected chi connectivity index (χ4v) is 3.78. The molecule has 0 aliphatic heterocycles. The second-order valence-electron chi connectivity index (χ2n) is 6.09. The lowest BCUT2D eigenvalue weighted by Gasteiger charge is -2.27. The second-order valence-corrected chi connectivity index (χ2v) is 8.24. The number of halogens is 1. The van der Waals surface area contributed by atoms with Crippen molar-refractivity contribution in [3.05, 3.63) is 23.2 Å². The zero-order valence-corrected chi connectivity index (χ0v) is 14.1. The van der Waals surface area contributed by atoms with Crippen LogP contribution in [-0.2, 0) is 10.0 Å². The molecule has 118 valence electrons. The molecular weight excluding hydrogens is 308 g/mol. The molecular formula is C15H23ClN2O2S. The van der Waals surface area contributed by atoms with Gasteiger partial charge in [-0.2, -0.15) is 0 Å². The van der Waals surface area contributed by atoms with E-state index < -0.39 is 10.0 Å². The van der Waals surface area contributed by atoms with Gasteiger partial charge in [0.2, 0.25) is 10.0 Å². The zero-order chi connectivity index (χ0) is 15.5. The van der Waals surface area contributed by atoms with Crippen LogP contribution in [0.1, 0.15) is 32.6 Å². The highest BCUT2D eigenvalue weighted by Gasteiger charge is 2.18. The molecule has 4 nitrogen and oxygen atoms in total. The van der Waals surface area contributed by atoms with Crippen molar-refractivity contribution in [2.75, 3.05) is 22.8 Å². The van der Waals surface area contributed by atoms with Crippen LogP contribution in [0.4, 0.5) is 11.4 Å². The minimum Gasteiger partial charge on any atom is -0.385 e. The van der Waals surface area contributed by atoms with Gasteiger partial charge in [0.15, 0.2) is 0 Å². The minimum absolute atomic E-state index is 0.405. The molecule has 1 saturated carbocycles. The maximum Gasteiger partial charge on any atom is 0.229 e. The topological polar surface area (TPSA) is 58.2 Å². The average Bonchev–Trinajstić information content (AvgIpc) is 2.38. The highest BCUT2D eigenvalue weighted by Crippen LogP contribution is 2.30. The summed E-state index contributed by atoms with van der Waals surface area (Å²) in [7, 11) is -3.30. The molecule has 2 N–H and O–H groups in total. The molecule has 0 spiro atoms. The molecule has 1 aliphatic carbocycles. The van der Waals surface area contributed by atoms with Gasteiger partial charge in [-0.3, -0.25) is 4.72 Å². The fourth-order valence-electron chi connectivity index (χ4n) is 2.91. The summed E-state index contributed by atoms with van der Waals surface area (Å²) in [6.45, 7) is 3.26. The Morgan fingerprint density at radius 2 is 2.10 bits per heavy atom. The van der Waals surface area contributed by atoms with Gasteiger partial charge in [0.25, 0.3) is 0 Å². The van der Waals surface area contributed by atoms with Crippen molar-refractivity contribution in [3.63, 3.8) is 0 Å². The molecule has 0 radical (unpaired) electrons. The average molecular weight is 331 g/mol. The van der Waals surface area contributed by atoms with E-state index in [0.29, 0.717) is 16.6 Å². The number of anilines is 2. The summed E-state index contributed by atoms with van der Waals surface area (Å²) < 4.78 is 24.8. The van der Waals surface area contributed by atoms with E-state index in [1.165, 1.54) is 25.7 Å². The van der Waals surface area contributed by atoms with Crippen LogP contribution in [0.15, 0.2) is 18.2 Å². The van der Waals surface area contributed by atoms with Crippen molar-refractivity contribution < 1.29 is 8.42 Å². The third kappa shape index (κ3) is 5.40. The van der Waals surface area contributed by atoms with Crippen LogP contribution in [0.5, 0.6) is 0 Å². The normalized spacial score (nSPS) is 22.8. The van der Waals surface area contributed by atoms with Crippen LogP contribution in [0.3, 0.4) is 0 Å². The van der Waals surface area contributed by atoms with Crippen molar-refractivity contribution in [3.8, 4) is 0 Å². The van der Waals surface area contributed by atoms with Gasteiger partial charge in [0, 0.05) is 12.2 Å². The van der Waals surface area contributed by atoms with Gasteiger partial charge in [-0.25, -0.2) is 8.42 Å². The first-order valence-electron chi connectivity index (χ1n) is 7.34. The number of nitrogens with one attached hydrogen (secondary N) is 2. The van der Waals surface area contributed by atoms with Gasteiger partial charge in [-0.05, 0) is 42.9 Å². The zero-order valence-electron chi connectivity index (χ0n) is 12.5. The minimum atomic E-state index is -3.30. The van der Waals surface area contributed by atoms with Crippen LogP contribution in [-0.4, -0.2) is 21.2 Å². The molecule has 0 saturated heterocycles. The van der Waals surface area contributed by atoms with Crippen molar-refractivity contribution in [1.82, 2.24) is 0 Å². The molecule has 0 amide bonds. The standard InChI is InChI=1S/C15H23ClN2O2S/c1-11-4-3-5-12(8-11)10-17-13-6-7-15(14(16)9-13)18-21(2,19)20/h6-7,9,11-12,17-18H,3-5,8,10H2,1-2H3. The Morgan fingerprint density at radius 1 is 1.33 bits per heavy atom. The summed E-state index contributed by atoms with van der Waals surface area (Å²) in [6.07, 6.45) is 6.31. The van der Waals surface area contributed by atoms with Gasteiger partial charge in [0.1, 0.15) is 0 Å². The first-order chi connectivity index (χ1) is 9.83. The lowest BCUT2D eigenvalue weighted by Crippen LogP contribution is -2.21. The Hall–Kier alpha value is -0.940. The largest absolute Gasteiger partial charge is 0.385 e.